The molecule has 0 aliphatic heterocycles. The third-order valence-corrected chi connectivity index (χ3v) is 7.89. The summed E-state index contributed by atoms with van der Waals surface area (Å²) in [5, 5.41) is 3.00. The lowest BCUT2D eigenvalue weighted by molar-refractivity contribution is -0.137. The molecule has 12 heteroatoms. The van der Waals surface area contributed by atoms with Crippen LogP contribution in [0.15, 0.2) is 58.5 Å². The van der Waals surface area contributed by atoms with Crippen LogP contribution in [0, 0.1) is 13.8 Å². The Morgan fingerprint density at radius 3 is 2.51 bits per heavy atom. The van der Waals surface area contributed by atoms with Crippen LogP contribution in [0.25, 0.3) is 10.2 Å². The van der Waals surface area contributed by atoms with Gasteiger partial charge in [-0.1, -0.05) is 47.7 Å². The normalized spacial score (nSPS) is 11.5. The van der Waals surface area contributed by atoms with Gasteiger partial charge in [-0.05, 0) is 50.1 Å². The fraction of sp³-hybridized carbons (Fsp3) is 0.259. The number of alkyl halides is 3. The molecule has 0 atom stereocenters. The highest BCUT2D eigenvalue weighted by atomic mass is 32.2. The average molecular weight is 576 g/mol. The van der Waals surface area contributed by atoms with Crippen molar-refractivity contribution in [3.05, 3.63) is 86.0 Å². The van der Waals surface area contributed by atoms with Gasteiger partial charge >= 0.3 is 12.1 Å². The van der Waals surface area contributed by atoms with Crippen molar-refractivity contribution in [1.82, 2.24) is 9.55 Å². The van der Waals surface area contributed by atoms with E-state index in [0.717, 1.165) is 46.4 Å². The summed E-state index contributed by atoms with van der Waals surface area (Å²) in [5.41, 5.74) is 1.11. The number of hydrogen-bond donors (Lipinski definition) is 1. The molecular formula is C27H24F3N3O4S2. The molecule has 1 N–H and O–H groups in total. The number of nitrogens with one attached hydrogen (secondary N) is 1. The molecule has 0 unspecified atom stereocenters. The monoisotopic (exact) mass is 575 g/mol. The molecule has 0 aliphatic carbocycles. The van der Waals surface area contributed by atoms with Gasteiger partial charge in [-0.15, -0.1) is 11.3 Å². The number of amides is 1. The highest BCUT2D eigenvalue weighted by Crippen LogP contribution is 2.32. The first-order valence-corrected chi connectivity index (χ1v) is 13.6. The van der Waals surface area contributed by atoms with Gasteiger partial charge in [-0.2, -0.15) is 13.2 Å². The van der Waals surface area contributed by atoms with E-state index in [4.69, 9.17) is 4.74 Å². The number of aryl methyl sites for hydroxylation is 2. The van der Waals surface area contributed by atoms with Crippen molar-refractivity contribution >= 4 is 50.9 Å². The van der Waals surface area contributed by atoms with Gasteiger partial charge in [0.15, 0.2) is 5.16 Å². The maximum Gasteiger partial charge on any atom is 0.416 e. The molecule has 0 saturated carbocycles. The van der Waals surface area contributed by atoms with Gasteiger partial charge in [0.05, 0.1) is 29.9 Å². The van der Waals surface area contributed by atoms with Crippen LogP contribution in [0.5, 0.6) is 0 Å². The first kappa shape index (κ1) is 28.4. The lowest BCUT2D eigenvalue weighted by Crippen LogP contribution is -2.25. The molecule has 4 rings (SSSR count). The number of thioether (sulfide) groups is 1. The van der Waals surface area contributed by atoms with E-state index < -0.39 is 23.6 Å². The third-order valence-electron chi connectivity index (χ3n) is 5.74. The summed E-state index contributed by atoms with van der Waals surface area (Å²) in [4.78, 5) is 44.0. The van der Waals surface area contributed by atoms with Crippen molar-refractivity contribution in [3.63, 3.8) is 0 Å². The minimum atomic E-state index is -4.54. The number of hydrogen-bond acceptors (Lipinski definition) is 7. The quantitative estimate of drug-likeness (QED) is 0.156. The first-order chi connectivity index (χ1) is 18.5. The number of halogens is 3. The van der Waals surface area contributed by atoms with Crippen molar-refractivity contribution < 1.29 is 27.5 Å². The summed E-state index contributed by atoms with van der Waals surface area (Å²) in [7, 11) is 0. The van der Waals surface area contributed by atoms with Crippen LogP contribution in [0.2, 0.25) is 0 Å². The van der Waals surface area contributed by atoms with Gasteiger partial charge < -0.3 is 10.1 Å². The lowest BCUT2D eigenvalue weighted by atomic mass is 10.1. The van der Waals surface area contributed by atoms with E-state index in [2.05, 4.69) is 10.3 Å². The molecule has 0 saturated heterocycles. The van der Waals surface area contributed by atoms with Crippen LogP contribution >= 0.6 is 23.1 Å². The van der Waals surface area contributed by atoms with Crippen molar-refractivity contribution in [2.75, 3.05) is 17.7 Å². The number of carbonyl (C=O) groups excluding carboxylic acids is 2. The van der Waals surface area contributed by atoms with E-state index in [-0.39, 0.29) is 40.2 Å². The molecule has 2 heterocycles. The minimum Gasteiger partial charge on any atom is -0.462 e. The maximum atomic E-state index is 13.7. The molecule has 39 heavy (non-hydrogen) atoms. The Hall–Kier alpha value is -3.64. The Morgan fingerprint density at radius 2 is 1.85 bits per heavy atom. The van der Waals surface area contributed by atoms with Gasteiger partial charge in [0, 0.05) is 5.69 Å². The molecule has 0 aliphatic rings. The summed E-state index contributed by atoms with van der Waals surface area (Å²) in [5.74, 6) is -1.32. The standard InChI is InChI=1S/C27H24F3N3O4S2/c1-4-37-25(36)22-16(3)21-23(39-22)32-26(33(24(21)35)13-17-10-8-15(2)9-11-17)38-14-20(34)31-19-7-5-6-18(12-19)27(28,29)30/h5-12H,4,13-14H2,1-3H3,(H,31,34). The number of esters is 1. The number of carbonyl (C=O) groups is 2. The van der Waals surface area contributed by atoms with E-state index >= 15 is 0 Å². The maximum absolute atomic E-state index is 13.7. The van der Waals surface area contributed by atoms with E-state index in [1.165, 1.54) is 16.7 Å². The number of aromatic nitrogens is 2. The third kappa shape index (κ3) is 6.51. The van der Waals surface area contributed by atoms with E-state index in [1.54, 1.807) is 13.8 Å². The molecule has 0 spiro atoms. The topological polar surface area (TPSA) is 90.3 Å². The van der Waals surface area contributed by atoms with Crippen LogP contribution in [-0.2, 0) is 22.3 Å². The zero-order valence-corrected chi connectivity index (χ0v) is 22.9. The second-order valence-electron chi connectivity index (χ2n) is 8.64. The molecule has 4 aromatic rings. The highest BCUT2D eigenvalue weighted by Gasteiger charge is 2.30. The summed E-state index contributed by atoms with van der Waals surface area (Å²) < 4.78 is 45.6. The Balaban J connectivity index is 1.66. The van der Waals surface area contributed by atoms with Gasteiger partial charge in [0.25, 0.3) is 5.56 Å². The fourth-order valence-electron chi connectivity index (χ4n) is 3.82. The van der Waals surface area contributed by atoms with Crippen LogP contribution in [0.4, 0.5) is 18.9 Å². The van der Waals surface area contributed by atoms with Crippen molar-refractivity contribution in [3.8, 4) is 0 Å². The Kier molecular flexibility index (Phi) is 8.45. The van der Waals surface area contributed by atoms with Crippen LogP contribution in [-0.4, -0.2) is 33.8 Å². The van der Waals surface area contributed by atoms with E-state index in [1.807, 2.05) is 31.2 Å². The molecule has 0 radical (unpaired) electrons. The highest BCUT2D eigenvalue weighted by molar-refractivity contribution is 7.99. The fourth-order valence-corrected chi connectivity index (χ4v) is 5.73. The number of nitrogens with zero attached hydrogens (tertiary/aromatic N) is 2. The summed E-state index contributed by atoms with van der Waals surface area (Å²) >= 11 is 2.02. The number of fused-ring (bicyclic) bond motifs is 1. The number of rotatable bonds is 8. The number of benzene rings is 2. The van der Waals surface area contributed by atoms with Gasteiger partial charge in [-0.25, -0.2) is 9.78 Å². The second kappa shape index (κ2) is 11.6. The number of ether oxygens (including phenoxy) is 1. The molecule has 2 aromatic carbocycles. The van der Waals surface area contributed by atoms with Crippen molar-refractivity contribution in [2.45, 2.75) is 38.6 Å². The predicted molar refractivity (Wildman–Crippen MR) is 146 cm³/mol. The molecular weight excluding hydrogens is 551 g/mol. The predicted octanol–water partition coefficient (Wildman–Crippen LogP) is 6.05. The van der Waals surface area contributed by atoms with E-state index in [9.17, 15) is 27.6 Å². The van der Waals surface area contributed by atoms with Crippen molar-refractivity contribution in [1.29, 1.82) is 0 Å². The summed E-state index contributed by atoms with van der Waals surface area (Å²) in [6, 6.07) is 11.9. The van der Waals surface area contributed by atoms with Crippen LogP contribution < -0.4 is 10.9 Å². The zero-order valence-electron chi connectivity index (χ0n) is 21.2. The Labute approximate surface area is 230 Å². The largest absolute Gasteiger partial charge is 0.462 e. The minimum absolute atomic E-state index is 0.00356. The summed E-state index contributed by atoms with van der Waals surface area (Å²) in [6.07, 6.45) is -4.54. The Morgan fingerprint density at radius 1 is 1.13 bits per heavy atom. The van der Waals surface area contributed by atoms with E-state index in [0.29, 0.717) is 15.8 Å². The Bertz CT molecular complexity index is 1600. The molecule has 0 bridgehead atoms. The van der Waals surface area contributed by atoms with Crippen LogP contribution in [0.3, 0.4) is 0 Å². The average Bonchev–Trinajstić information content (AvgIpc) is 3.22. The molecule has 1 amide bonds. The lowest BCUT2D eigenvalue weighted by Gasteiger charge is -2.13. The number of anilines is 1. The second-order valence-corrected chi connectivity index (χ2v) is 10.6. The molecule has 7 nitrogen and oxygen atoms in total. The molecule has 204 valence electrons. The van der Waals surface area contributed by atoms with Crippen LogP contribution in [0.1, 0.15) is 38.8 Å². The number of thiophene rings is 1. The van der Waals surface area contributed by atoms with Gasteiger partial charge in [-0.3, -0.25) is 14.2 Å². The van der Waals surface area contributed by atoms with Crippen molar-refractivity contribution in [2.24, 2.45) is 0 Å². The zero-order chi connectivity index (χ0) is 28.3. The SMILES string of the molecule is CCOC(=O)c1sc2nc(SCC(=O)Nc3cccc(C(F)(F)F)c3)n(Cc3ccc(C)cc3)c(=O)c2c1C. The smallest absolute Gasteiger partial charge is 0.416 e. The summed E-state index contributed by atoms with van der Waals surface area (Å²) in [6.45, 7) is 5.65. The first-order valence-electron chi connectivity index (χ1n) is 11.8. The molecule has 0 fully saturated rings. The van der Waals surface area contributed by atoms with Gasteiger partial charge in [0.1, 0.15) is 9.71 Å². The van der Waals surface area contributed by atoms with Gasteiger partial charge in [0.2, 0.25) is 5.91 Å². The molecule has 2 aromatic heterocycles.